The second kappa shape index (κ2) is 6.13. The van der Waals surface area contributed by atoms with Crippen LogP contribution in [-0.4, -0.2) is 22.6 Å². The Morgan fingerprint density at radius 1 is 1.19 bits per heavy atom. The average Bonchev–Trinajstić information content (AvgIpc) is 2.86. The van der Waals surface area contributed by atoms with Crippen molar-refractivity contribution >= 4 is 17.5 Å². The normalized spacial score (nSPS) is 10.3. The topological polar surface area (TPSA) is 84.6 Å². The fraction of sp³-hybridized carbons (Fsp3) is 0.133. The van der Waals surface area contributed by atoms with Gasteiger partial charge in [0, 0.05) is 12.0 Å². The van der Waals surface area contributed by atoms with Gasteiger partial charge in [-0.1, -0.05) is 12.1 Å². The van der Waals surface area contributed by atoms with Crippen molar-refractivity contribution in [1.29, 1.82) is 0 Å². The van der Waals surface area contributed by atoms with Gasteiger partial charge in [0.2, 0.25) is 11.6 Å². The molecule has 0 aliphatic heterocycles. The molecule has 0 atom stereocenters. The highest BCUT2D eigenvalue weighted by molar-refractivity contribution is 6.37. The van der Waals surface area contributed by atoms with Crippen molar-refractivity contribution in [3.63, 3.8) is 0 Å². The molecule has 1 heterocycles. The van der Waals surface area contributed by atoms with Gasteiger partial charge in [-0.05, 0) is 23.8 Å². The molecule has 2 aromatic rings. The number of hydrogen-bond acceptors (Lipinski definition) is 4. The van der Waals surface area contributed by atoms with Crippen LogP contribution in [0.5, 0.6) is 0 Å². The lowest BCUT2D eigenvalue weighted by Gasteiger charge is -2.02. The minimum atomic E-state index is -1.67. The maximum Gasteiger partial charge on any atom is 0.372 e. The molecule has 21 heavy (non-hydrogen) atoms. The fourth-order valence-corrected chi connectivity index (χ4v) is 1.89. The summed E-state index contributed by atoms with van der Waals surface area (Å²) in [5.74, 6) is -4.05. The maximum atomic E-state index is 13.1. The number of carbonyl (C=O) groups is 3. The number of ketones is 2. The first kappa shape index (κ1) is 14.6. The summed E-state index contributed by atoms with van der Waals surface area (Å²) in [5, 5.41) is 8.49. The molecule has 1 N–H and O–H groups in total. The number of carboxylic acid groups (broad SMARTS) is 1. The standard InChI is InChI=1S/C15H11FO5/c16-11-3-1-2-9(7-11)6-10-4-5-21-14(10)12(17)8-13(18)15(19)20/h1-5,7H,6,8H2,(H,19,20). The lowest BCUT2D eigenvalue weighted by atomic mass is 10.0. The second-order valence-electron chi connectivity index (χ2n) is 4.41. The van der Waals surface area contributed by atoms with E-state index in [2.05, 4.69) is 0 Å². The number of Topliss-reactive ketones (excluding diaryl/α,β-unsaturated/α-hetero) is 2. The quantitative estimate of drug-likeness (QED) is 0.501. The average molecular weight is 290 g/mol. The van der Waals surface area contributed by atoms with E-state index in [4.69, 9.17) is 9.52 Å². The molecule has 0 aliphatic rings. The zero-order valence-corrected chi connectivity index (χ0v) is 10.8. The molecule has 0 aliphatic carbocycles. The number of furan rings is 1. The van der Waals surface area contributed by atoms with E-state index in [9.17, 15) is 18.8 Å². The predicted octanol–water partition coefficient (Wildman–Crippen LogP) is 2.24. The van der Waals surface area contributed by atoms with E-state index in [1.807, 2.05) is 0 Å². The van der Waals surface area contributed by atoms with Crippen LogP contribution in [0.15, 0.2) is 41.0 Å². The third-order valence-electron chi connectivity index (χ3n) is 2.84. The molecular weight excluding hydrogens is 279 g/mol. The maximum absolute atomic E-state index is 13.1. The Hall–Kier alpha value is -2.76. The first-order chi connectivity index (χ1) is 9.97. The van der Waals surface area contributed by atoms with Gasteiger partial charge in [-0.25, -0.2) is 9.18 Å². The molecule has 0 spiro atoms. The lowest BCUT2D eigenvalue weighted by molar-refractivity contribution is -0.148. The molecule has 0 saturated heterocycles. The minimum Gasteiger partial charge on any atom is -0.475 e. The molecule has 6 heteroatoms. The van der Waals surface area contributed by atoms with E-state index in [1.54, 1.807) is 12.1 Å². The van der Waals surface area contributed by atoms with Crippen molar-refractivity contribution in [3.05, 3.63) is 59.3 Å². The lowest BCUT2D eigenvalue weighted by Crippen LogP contribution is -2.17. The third-order valence-corrected chi connectivity index (χ3v) is 2.84. The summed E-state index contributed by atoms with van der Waals surface area (Å²) < 4.78 is 18.1. The first-order valence-corrected chi connectivity index (χ1v) is 6.07. The Labute approximate surface area is 119 Å². The van der Waals surface area contributed by atoms with Gasteiger partial charge < -0.3 is 9.52 Å². The van der Waals surface area contributed by atoms with Gasteiger partial charge in [-0.2, -0.15) is 0 Å². The summed E-state index contributed by atoms with van der Waals surface area (Å²) in [6.45, 7) is 0. The number of hydrogen-bond donors (Lipinski definition) is 1. The van der Waals surface area contributed by atoms with Gasteiger partial charge in [0.25, 0.3) is 0 Å². The predicted molar refractivity (Wildman–Crippen MR) is 69.5 cm³/mol. The summed E-state index contributed by atoms with van der Waals surface area (Å²) in [6, 6.07) is 7.39. The largest absolute Gasteiger partial charge is 0.475 e. The Kier molecular flexibility index (Phi) is 4.27. The van der Waals surface area contributed by atoms with E-state index in [1.165, 1.54) is 24.5 Å². The Morgan fingerprint density at radius 2 is 1.95 bits per heavy atom. The highest BCUT2D eigenvalue weighted by Crippen LogP contribution is 2.18. The van der Waals surface area contributed by atoms with E-state index in [0.717, 1.165) is 0 Å². The summed E-state index contributed by atoms with van der Waals surface area (Å²) in [5.41, 5.74) is 1.11. The Morgan fingerprint density at radius 3 is 2.62 bits per heavy atom. The monoisotopic (exact) mass is 290 g/mol. The molecular formula is C15H11FO5. The fourth-order valence-electron chi connectivity index (χ4n) is 1.89. The van der Waals surface area contributed by atoms with Gasteiger partial charge in [0.1, 0.15) is 5.82 Å². The van der Waals surface area contributed by atoms with Crippen molar-refractivity contribution < 1.29 is 28.3 Å². The van der Waals surface area contributed by atoms with Gasteiger partial charge in [0.05, 0.1) is 12.7 Å². The minimum absolute atomic E-state index is 0.0751. The van der Waals surface area contributed by atoms with Crippen LogP contribution in [-0.2, 0) is 16.0 Å². The van der Waals surface area contributed by atoms with E-state index < -0.39 is 29.8 Å². The van der Waals surface area contributed by atoms with Gasteiger partial charge in [0.15, 0.2) is 5.76 Å². The molecule has 2 rings (SSSR count). The summed E-state index contributed by atoms with van der Waals surface area (Å²) in [7, 11) is 0. The van der Waals surface area contributed by atoms with Crippen molar-refractivity contribution in [2.45, 2.75) is 12.8 Å². The second-order valence-corrected chi connectivity index (χ2v) is 4.41. The van der Waals surface area contributed by atoms with Gasteiger partial charge in [-0.3, -0.25) is 9.59 Å². The number of rotatable bonds is 6. The molecule has 0 unspecified atom stereocenters. The number of aliphatic carboxylic acids is 1. The molecule has 1 aromatic carbocycles. The first-order valence-electron chi connectivity index (χ1n) is 6.07. The van der Waals surface area contributed by atoms with Gasteiger partial charge >= 0.3 is 5.97 Å². The number of carbonyl (C=O) groups excluding carboxylic acids is 2. The molecule has 0 radical (unpaired) electrons. The van der Waals surface area contributed by atoms with Crippen molar-refractivity contribution in [2.24, 2.45) is 0 Å². The van der Waals surface area contributed by atoms with Crippen molar-refractivity contribution in [3.8, 4) is 0 Å². The number of carboxylic acids is 1. The van der Waals surface area contributed by atoms with Crippen LogP contribution in [0.1, 0.15) is 28.1 Å². The zero-order chi connectivity index (χ0) is 15.4. The molecule has 1 aromatic heterocycles. The number of benzene rings is 1. The van der Waals surface area contributed by atoms with Crippen LogP contribution in [0.3, 0.4) is 0 Å². The van der Waals surface area contributed by atoms with E-state index in [0.29, 0.717) is 11.1 Å². The molecule has 108 valence electrons. The van der Waals surface area contributed by atoms with Crippen LogP contribution < -0.4 is 0 Å². The van der Waals surface area contributed by atoms with Crippen LogP contribution in [0.2, 0.25) is 0 Å². The van der Waals surface area contributed by atoms with Crippen LogP contribution in [0.4, 0.5) is 4.39 Å². The van der Waals surface area contributed by atoms with Crippen LogP contribution >= 0.6 is 0 Å². The summed E-state index contributed by atoms with van der Waals surface area (Å²) >= 11 is 0. The van der Waals surface area contributed by atoms with Gasteiger partial charge in [-0.15, -0.1) is 0 Å². The Bertz CT molecular complexity index is 702. The smallest absolute Gasteiger partial charge is 0.372 e. The Balaban J connectivity index is 2.17. The summed E-state index contributed by atoms with van der Waals surface area (Å²) in [4.78, 5) is 33.3. The SMILES string of the molecule is O=C(O)C(=O)CC(=O)c1occc1Cc1cccc(F)c1. The third kappa shape index (κ3) is 3.62. The molecule has 5 nitrogen and oxygen atoms in total. The van der Waals surface area contributed by atoms with Crippen LogP contribution in [0, 0.1) is 5.82 Å². The van der Waals surface area contributed by atoms with Crippen LogP contribution in [0.25, 0.3) is 0 Å². The zero-order valence-electron chi connectivity index (χ0n) is 10.8. The molecule has 0 amide bonds. The van der Waals surface area contributed by atoms with Crippen molar-refractivity contribution in [2.75, 3.05) is 0 Å². The molecule has 0 fully saturated rings. The highest BCUT2D eigenvalue weighted by atomic mass is 19.1. The van der Waals surface area contributed by atoms with E-state index >= 15 is 0 Å². The molecule has 0 bridgehead atoms. The summed E-state index contributed by atoms with van der Waals surface area (Å²) in [6.07, 6.45) is 0.753. The van der Waals surface area contributed by atoms with Crippen molar-refractivity contribution in [1.82, 2.24) is 0 Å². The van der Waals surface area contributed by atoms with E-state index in [-0.39, 0.29) is 12.2 Å². The number of halogens is 1. The molecule has 0 saturated carbocycles. The highest BCUT2D eigenvalue weighted by Gasteiger charge is 2.22.